The van der Waals surface area contributed by atoms with Gasteiger partial charge < -0.3 is 20.3 Å². The summed E-state index contributed by atoms with van der Waals surface area (Å²) in [5, 5.41) is 6.29. The number of hydrogen-bond acceptors (Lipinski definition) is 4. The number of nitrogens with one attached hydrogen (secondary N) is 2. The van der Waals surface area contributed by atoms with Gasteiger partial charge in [0.25, 0.3) is 5.91 Å². The molecule has 5 nitrogen and oxygen atoms in total. The highest BCUT2D eigenvalue weighted by atomic mass is 16.5. The molecule has 0 aromatic heterocycles. The predicted octanol–water partition coefficient (Wildman–Crippen LogP) is 1.60. The third-order valence-electron chi connectivity index (χ3n) is 4.09. The van der Waals surface area contributed by atoms with Gasteiger partial charge in [-0.05, 0) is 43.5 Å². The number of anilines is 2. The monoisotopic (exact) mass is 289 g/mol. The first-order chi connectivity index (χ1) is 10.3. The van der Waals surface area contributed by atoms with Gasteiger partial charge in [-0.15, -0.1) is 0 Å². The Morgan fingerprint density at radius 2 is 1.95 bits per heavy atom. The first kappa shape index (κ1) is 14.4. The van der Waals surface area contributed by atoms with Crippen molar-refractivity contribution < 1.29 is 9.53 Å². The zero-order chi connectivity index (χ0) is 14.5. The van der Waals surface area contributed by atoms with Gasteiger partial charge in [-0.3, -0.25) is 4.79 Å². The van der Waals surface area contributed by atoms with Gasteiger partial charge >= 0.3 is 0 Å². The molecule has 2 aliphatic heterocycles. The second kappa shape index (κ2) is 6.91. The Morgan fingerprint density at radius 1 is 1.19 bits per heavy atom. The number of hydrogen-bond donors (Lipinski definition) is 2. The van der Waals surface area contributed by atoms with Crippen molar-refractivity contribution in [2.24, 2.45) is 0 Å². The number of carbonyl (C=O) groups excluding carboxylic acids is 1. The molecule has 0 aliphatic carbocycles. The minimum atomic E-state index is -0.286. The Hall–Kier alpha value is -1.59. The summed E-state index contributed by atoms with van der Waals surface area (Å²) in [6.07, 6.45) is 2.67. The molecule has 2 heterocycles. The Labute approximate surface area is 125 Å². The van der Waals surface area contributed by atoms with Crippen LogP contribution in [0.3, 0.4) is 0 Å². The number of nitrogens with zero attached hydrogens (tertiary/aromatic N) is 1. The average Bonchev–Trinajstić information content (AvgIpc) is 2.57. The van der Waals surface area contributed by atoms with E-state index in [-0.39, 0.29) is 12.0 Å². The van der Waals surface area contributed by atoms with Crippen LogP contribution in [0.1, 0.15) is 19.3 Å². The van der Waals surface area contributed by atoms with E-state index in [4.69, 9.17) is 4.74 Å². The Bertz CT molecular complexity index is 463. The molecule has 1 aromatic rings. The van der Waals surface area contributed by atoms with Gasteiger partial charge in [0, 0.05) is 44.2 Å². The summed E-state index contributed by atoms with van der Waals surface area (Å²) in [5.41, 5.74) is 2.05. The first-order valence-corrected chi connectivity index (χ1v) is 7.81. The lowest BCUT2D eigenvalue weighted by Crippen LogP contribution is -2.43. The van der Waals surface area contributed by atoms with Crippen LogP contribution in [0.4, 0.5) is 11.4 Å². The number of carbonyl (C=O) groups is 1. The van der Waals surface area contributed by atoms with Crippen molar-refractivity contribution in [1.82, 2.24) is 5.32 Å². The van der Waals surface area contributed by atoms with E-state index in [0.29, 0.717) is 6.61 Å². The van der Waals surface area contributed by atoms with Crippen LogP contribution in [0.25, 0.3) is 0 Å². The maximum absolute atomic E-state index is 12.1. The fourth-order valence-corrected chi connectivity index (χ4v) is 2.85. The van der Waals surface area contributed by atoms with Crippen LogP contribution in [0.15, 0.2) is 24.3 Å². The van der Waals surface area contributed by atoms with E-state index in [9.17, 15) is 4.79 Å². The van der Waals surface area contributed by atoms with Gasteiger partial charge in [-0.25, -0.2) is 0 Å². The van der Waals surface area contributed by atoms with Crippen molar-refractivity contribution in [3.63, 3.8) is 0 Å². The first-order valence-electron chi connectivity index (χ1n) is 7.81. The van der Waals surface area contributed by atoms with Gasteiger partial charge in [0.1, 0.15) is 6.10 Å². The summed E-state index contributed by atoms with van der Waals surface area (Å²) in [6.45, 7) is 4.80. The molecule has 2 aliphatic rings. The van der Waals surface area contributed by atoms with Gasteiger partial charge in [0.05, 0.1) is 0 Å². The van der Waals surface area contributed by atoms with E-state index in [0.717, 1.165) is 51.1 Å². The van der Waals surface area contributed by atoms with E-state index in [2.05, 4.69) is 27.7 Å². The van der Waals surface area contributed by atoms with Gasteiger partial charge in [0.2, 0.25) is 0 Å². The topological polar surface area (TPSA) is 53.6 Å². The molecule has 21 heavy (non-hydrogen) atoms. The third kappa shape index (κ3) is 3.74. The third-order valence-corrected chi connectivity index (χ3v) is 4.09. The Morgan fingerprint density at radius 3 is 2.62 bits per heavy atom. The lowest BCUT2D eigenvalue weighted by atomic mass is 10.1. The molecule has 2 N–H and O–H groups in total. The maximum Gasteiger partial charge on any atom is 0.253 e. The predicted molar refractivity (Wildman–Crippen MR) is 83.7 cm³/mol. The Balaban J connectivity index is 1.57. The highest BCUT2D eigenvalue weighted by molar-refractivity contribution is 5.94. The zero-order valence-electron chi connectivity index (χ0n) is 12.3. The molecule has 2 fully saturated rings. The summed E-state index contributed by atoms with van der Waals surface area (Å²) >= 11 is 0. The van der Waals surface area contributed by atoms with Crippen molar-refractivity contribution in [2.75, 3.05) is 43.0 Å². The van der Waals surface area contributed by atoms with Gasteiger partial charge in [-0.2, -0.15) is 0 Å². The maximum atomic E-state index is 12.1. The summed E-state index contributed by atoms with van der Waals surface area (Å²) in [5.74, 6) is -0.0235. The van der Waals surface area contributed by atoms with E-state index in [1.165, 1.54) is 5.69 Å². The smallest absolute Gasteiger partial charge is 0.253 e. The summed E-state index contributed by atoms with van der Waals surface area (Å²) in [7, 11) is 0. The molecule has 0 bridgehead atoms. The van der Waals surface area contributed by atoms with Crippen LogP contribution in [0.2, 0.25) is 0 Å². The van der Waals surface area contributed by atoms with Crippen LogP contribution < -0.4 is 15.5 Å². The lowest BCUT2D eigenvalue weighted by molar-refractivity contribution is -0.129. The normalized spacial score (nSPS) is 22.9. The van der Waals surface area contributed by atoms with Gasteiger partial charge in [0.15, 0.2) is 0 Å². The van der Waals surface area contributed by atoms with Crippen LogP contribution >= 0.6 is 0 Å². The molecular formula is C16H23N3O2. The highest BCUT2D eigenvalue weighted by Crippen LogP contribution is 2.20. The molecule has 2 saturated heterocycles. The molecule has 3 rings (SSSR count). The van der Waals surface area contributed by atoms with Crippen molar-refractivity contribution in [1.29, 1.82) is 0 Å². The second-order valence-corrected chi connectivity index (χ2v) is 5.63. The lowest BCUT2D eigenvalue weighted by Gasteiger charge is -2.29. The van der Waals surface area contributed by atoms with Crippen LogP contribution in [0.5, 0.6) is 0 Å². The summed E-state index contributed by atoms with van der Waals surface area (Å²) in [6, 6.07) is 8.08. The minimum absolute atomic E-state index is 0.0235. The van der Waals surface area contributed by atoms with Gasteiger partial charge in [-0.1, -0.05) is 0 Å². The summed E-state index contributed by atoms with van der Waals surface area (Å²) < 4.78 is 5.50. The number of piperazine rings is 1. The number of benzene rings is 1. The van der Waals surface area contributed by atoms with E-state index in [1.54, 1.807) is 0 Å². The standard InChI is InChI=1S/C16H23N3O2/c20-16(15-3-1-2-12-21-15)18-13-4-6-14(7-5-13)19-10-8-17-9-11-19/h4-7,15,17H,1-3,8-12H2,(H,18,20). The number of amides is 1. The molecular weight excluding hydrogens is 266 g/mol. The van der Waals surface area contributed by atoms with E-state index >= 15 is 0 Å². The van der Waals surface area contributed by atoms with Crippen LogP contribution in [-0.4, -0.2) is 44.8 Å². The molecule has 1 atom stereocenters. The second-order valence-electron chi connectivity index (χ2n) is 5.63. The van der Waals surface area contributed by atoms with Crippen LogP contribution in [0, 0.1) is 0 Å². The molecule has 1 aromatic carbocycles. The fourth-order valence-electron chi connectivity index (χ4n) is 2.85. The zero-order valence-corrected chi connectivity index (χ0v) is 12.3. The highest BCUT2D eigenvalue weighted by Gasteiger charge is 2.21. The molecule has 1 unspecified atom stereocenters. The fraction of sp³-hybridized carbons (Fsp3) is 0.562. The molecule has 5 heteroatoms. The number of ether oxygens (including phenoxy) is 1. The summed E-state index contributed by atoms with van der Waals surface area (Å²) in [4.78, 5) is 14.5. The minimum Gasteiger partial charge on any atom is -0.369 e. The SMILES string of the molecule is O=C(Nc1ccc(N2CCNCC2)cc1)C1CCCCO1. The molecule has 0 saturated carbocycles. The molecule has 114 valence electrons. The van der Waals surface area contributed by atoms with Crippen LogP contribution in [-0.2, 0) is 9.53 Å². The van der Waals surface area contributed by atoms with Crippen molar-refractivity contribution in [3.8, 4) is 0 Å². The molecule has 0 spiro atoms. The molecule has 1 amide bonds. The van der Waals surface area contributed by atoms with E-state index < -0.39 is 0 Å². The Kier molecular flexibility index (Phi) is 4.72. The van der Waals surface area contributed by atoms with Crippen molar-refractivity contribution in [3.05, 3.63) is 24.3 Å². The quantitative estimate of drug-likeness (QED) is 0.887. The van der Waals surface area contributed by atoms with Crippen molar-refractivity contribution in [2.45, 2.75) is 25.4 Å². The number of rotatable bonds is 3. The van der Waals surface area contributed by atoms with E-state index in [1.807, 2.05) is 12.1 Å². The average molecular weight is 289 g/mol. The van der Waals surface area contributed by atoms with Crippen molar-refractivity contribution >= 4 is 17.3 Å². The largest absolute Gasteiger partial charge is 0.369 e. The molecule has 0 radical (unpaired) electrons.